The summed E-state index contributed by atoms with van der Waals surface area (Å²) in [6, 6.07) is 7.88. The van der Waals surface area contributed by atoms with Crippen molar-refractivity contribution in [1.29, 1.82) is 0 Å². The van der Waals surface area contributed by atoms with E-state index in [0.717, 1.165) is 30.2 Å². The van der Waals surface area contributed by atoms with Crippen molar-refractivity contribution in [1.82, 2.24) is 29.7 Å². The number of ether oxygens (including phenoxy) is 2. The zero-order chi connectivity index (χ0) is 27.3. The molecule has 3 aromatic heterocycles. The molecule has 4 aromatic rings. The maximum Gasteiger partial charge on any atom is 0.435 e. The summed E-state index contributed by atoms with van der Waals surface area (Å²) in [4.78, 5) is 30.4. The first-order valence-corrected chi connectivity index (χ1v) is 12.2. The van der Waals surface area contributed by atoms with Crippen molar-refractivity contribution in [3.63, 3.8) is 0 Å². The average molecular weight is 538 g/mol. The second-order valence-electron chi connectivity index (χ2n) is 9.31. The topological polar surface area (TPSA) is 117 Å². The highest BCUT2D eigenvalue weighted by atomic mass is 19.4. The first-order valence-electron chi connectivity index (χ1n) is 12.2. The molecule has 1 fully saturated rings. The van der Waals surface area contributed by atoms with E-state index < -0.39 is 17.8 Å². The molecule has 2 aliphatic rings. The summed E-state index contributed by atoms with van der Waals surface area (Å²) in [5.41, 5.74) is 2.80. The molecule has 1 saturated carbocycles. The van der Waals surface area contributed by atoms with Crippen LogP contribution in [0.2, 0.25) is 0 Å². The van der Waals surface area contributed by atoms with Gasteiger partial charge in [-0.05, 0) is 43.5 Å². The Hall–Kier alpha value is -4.55. The molecule has 1 aliphatic heterocycles. The molecule has 1 aliphatic carbocycles. The van der Waals surface area contributed by atoms with E-state index in [1.165, 1.54) is 18.1 Å². The standard InChI is InChI=1S/C26H22F3N7O3/c1-13-9-18(26(27,28)29)35-36(13)16-7-3-14(4-8-16)10-30-22-19-17(11-39-25(19)37)33-23(34-22)20-21(15-5-6-15)31-12-32-24(20)38-2/h3-4,7-9,12,15H,5-6,10-11H2,1-2H3,(H,30,33,34). The van der Waals surface area contributed by atoms with Crippen LogP contribution in [0, 0.1) is 6.92 Å². The minimum Gasteiger partial charge on any atom is -0.480 e. The third-order valence-corrected chi connectivity index (χ3v) is 6.57. The van der Waals surface area contributed by atoms with Crippen LogP contribution in [0.3, 0.4) is 0 Å². The van der Waals surface area contributed by atoms with Gasteiger partial charge in [0, 0.05) is 18.2 Å². The monoisotopic (exact) mass is 537 g/mol. The van der Waals surface area contributed by atoms with Crippen LogP contribution in [0.4, 0.5) is 19.0 Å². The van der Waals surface area contributed by atoms with Gasteiger partial charge in [-0.25, -0.2) is 29.4 Å². The predicted octanol–water partition coefficient (Wildman–Crippen LogP) is 4.62. The van der Waals surface area contributed by atoms with E-state index in [4.69, 9.17) is 9.47 Å². The van der Waals surface area contributed by atoms with Gasteiger partial charge in [0.1, 0.15) is 29.9 Å². The number of nitrogens with zero attached hydrogens (tertiary/aromatic N) is 6. The summed E-state index contributed by atoms with van der Waals surface area (Å²) in [5.74, 6) is 0.724. The number of hydrogen-bond acceptors (Lipinski definition) is 9. The predicted molar refractivity (Wildman–Crippen MR) is 131 cm³/mol. The van der Waals surface area contributed by atoms with Gasteiger partial charge >= 0.3 is 12.1 Å². The van der Waals surface area contributed by atoms with Crippen LogP contribution in [0.1, 0.15) is 57.5 Å². The van der Waals surface area contributed by atoms with Crippen LogP contribution in [0.25, 0.3) is 17.1 Å². The Morgan fingerprint density at radius 2 is 1.90 bits per heavy atom. The van der Waals surface area contributed by atoms with Crippen molar-refractivity contribution >= 4 is 11.8 Å². The smallest absolute Gasteiger partial charge is 0.435 e. The van der Waals surface area contributed by atoms with Gasteiger partial charge in [-0.3, -0.25) is 0 Å². The lowest BCUT2D eigenvalue weighted by atomic mass is 10.1. The summed E-state index contributed by atoms with van der Waals surface area (Å²) < 4.78 is 51.1. The third-order valence-electron chi connectivity index (χ3n) is 6.57. The number of carbonyl (C=O) groups is 1. The minimum absolute atomic E-state index is 0.0188. The molecule has 0 bridgehead atoms. The molecule has 0 saturated heterocycles. The van der Waals surface area contributed by atoms with Crippen molar-refractivity contribution in [2.24, 2.45) is 0 Å². The van der Waals surface area contributed by atoms with Gasteiger partial charge in [-0.15, -0.1) is 0 Å². The molecule has 4 heterocycles. The lowest BCUT2D eigenvalue weighted by Gasteiger charge is -2.14. The van der Waals surface area contributed by atoms with Gasteiger partial charge < -0.3 is 14.8 Å². The number of anilines is 1. The average Bonchev–Trinajstić information content (AvgIpc) is 3.59. The highest BCUT2D eigenvalue weighted by molar-refractivity contribution is 5.98. The molecule has 0 spiro atoms. The molecule has 0 radical (unpaired) electrons. The zero-order valence-electron chi connectivity index (χ0n) is 20.9. The minimum atomic E-state index is -4.52. The number of methoxy groups -OCH3 is 1. The number of nitrogens with one attached hydrogen (secondary N) is 1. The lowest BCUT2D eigenvalue weighted by molar-refractivity contribution is -0.141. The highest BCUT2D eigenvalue weighted by Gasteiger charge is 2.35. The van der Waals surface area contributed by atoms with E-state index in [0.29, 0.717) is 40.2 Å². The van der Waals surface area contributed by atoms with Crippen LogP contribution >= 0.6 is 0 Å². The van der Waals surface area contributed by atoms with Crippen LogP contribution < -0.4 is 10.1 Å². The van der Waals surface area contributed by atoms with Crippen molar-refractivity contribution in [3.05, 3.63) is 70.6 Å². The molecule has 200 valence electrons. The number of esters is 1. The van der Waals surface area contributed by atoms with Gasteiger partial charge in [0.2, 0.25) is 5.88 Å². The number of fused-ring (bicyclic) bond motifs is 1. The Kier molecular flexibility index (Phi) is 5.92. The molecule has 10 nitrogen and oxygen atoms in total. The van der Waals surface area contributed by atoms with Gasteiger partial charge in [0.15, 0.2) is 11.5 Å². The first-order chi connectivity index (χ1) is 18.7. The fourth-order valence-electron chi connectivity index (χ4n) is 4.50. The van der Waals surface area contributed by atoms with Crippen molar-refractivity contribution in [2.75, 3.05) is 12.4 Å². The Morgan fingerprint density at radius 3 is 2.56 bits per heavy atom. The molecule has 13 heteroatoms. The third kappa shape index (κ3) is 4.64. The molecule has 39 heavy (non-hydrogen) atoms. The zero-order valence-corrected chi connectivity index (χ0v) is 20.9. The molecule has 1 N–H and O–H groups in total. The molecule has 0 unspecified atom stereocenters. The number of benzene rings is 1. The summed E-state index contributed by atoms with van der Waals surface area (Å²) in [5, 5.41) is 6.88. The fraction of sp³-hybridized carbons (Fsp3) is 0.308. The molecular formula is C26H22F3N7O3. The molecule has 1 aromatic carbocycles. The summed E-state index contributed by atoms with van der Waals surface area (Å²) >= 11 is 0. The van der Waals surface area contributed by atoms with Gasteiger partial charge in [-0.1, -0.05) is 12.1 Å². The van der Waals surface area contributed by atoms with Crippen LogP contribution in [0.15, 0.2) is 36.7 Å². The van der Waals surface area contributed by atoms with Crippen molar-refractivity contribution in [2.45, 2.75) is 45.0 Å². The van der Waals surface area contributed by atoms with Gasteiger partial charge in [0.05, 0.1) is 24.2 Å². The fourth-order valence-corrected chi connectivity index (χ4v) is 4.50. The van der Waals surface area contributed by atoms with E-state index in [1.54, 1.807) is 31.2 Å². The van der Waals surface area contributed by atoms with E-state index in [9.17, 15) is 18.0 Å². The second kappa shape index (κ2) is 9.33. The Bertz CT molecular complexity index is 1580. The maximum absolute atomic E-state index is 13.0. The van der Waals surface area contributed by atoms with E-state index >= 15 is 0 Å². The molecule has 6 rings (SSSR count). The van der Waals surface area contributed by atoms with Crippen LogP contribution in [0.5, 0.6) is 5.88 Å². The normalized spacial score (nSPS) is 14.7. The van der Waals surface area contributed by atoms with Crippen LogP contribution in [-0.2, 0) is 24.1 Å². The molecular weight excluding hydrogens is 515 g/mol. The summed E-state index contributed by atoms with van der Waals surface area (Å²) in [6.07, 6.45) is -1.08. The van der Waals surface area contributed by atoms with E-state index in [-0.39, 0.29) is 24.6 Å². The van der Waals surface area contributed by atoms with Crippen molar-refractivity contribution in [3.8, 4) is 23.0 Å². The first kappa shape index (κ1) is 24.8. The largest absolute Gasteiger partial charge is 0.480 e. The Morgan fingerprint density at radius 1 is 1.13 bits per heavy atom. The van der Waals surface area contributed by atoms with Gasteiger partial charge in [-0.2, -0.15) is 18.3 Å². The molecule has 0 atom stereocenters. The van der Waals surface area contributed by atoms with Gasteiger partial charge in [0.25, 0.3) is 0 Å². The molecule has 0 amide bonds. The number of halogens is 3. The number of carbonyl (C=O) groups excluding carboxylic acids is 1. The number of rotatable bonds is 7. The Labute approximate surface area is 220 Å². The Balaban J connectivity index is 1.29. The van der Waals surface area contributed by atoms with Crippen molar-refractivity contribution < 1.29 is 27.4 Å². The lowest BCUT2D eigenvalue weighted by Crippen LogP contribution is -2.11. The number of alkyl halides is 3. The van der Waals surface area contributed by atoms with E-state index in [1.807, 2.05) is 0 Å². The summed E-state index contributed by atoms with van der Waals surface area (Å²) in [6.45, 7) is 1.86. The second-order valence-corrected chi connectivity index (χ2v) is 9.31. The quantitative estimate of drug-likeness (QED) is 0.337. The number of hydrogen-bond donors (Lipinski definition) is 1. The summed E-state index contributed by atoms with van der Waals surface area (Å²) in [7, 11) is 1.51. The SMILES string of the molecule is COc1ncnc(C2CC2)c1-c1nc2c(c(NCc3ccc(-n4nc(C(F)(F)F)cc4C)cc3)n1)C(=O)OC2. The van der Waals surface area contributed by atoms with Crippen LogP contribution in [-0.4, -0.2) is 42.8 Å². The number of aryl methyl sites for hydroxylation is 1. The highest BCUT2D eigenvalue weighted by Crippen LogP contribution is 2.45. The maximum atomic E-state index is 13.0. The number of aromatic nitrogens is 6. The number of cyclic esters (lactones) is 1. The van der Waals surface area contributed by atoms with E-state index in [2.05, 4.69) is 30.4 Å².